The van der Waals surface area contributed by atoms with Crippen LogP contribution >= 0.6 is 0 Å². The van der Waals surface area contributed by atoms with Crippen LogP contribution in [0.15, 0.2) is 152 Å². The molecule has 3 nitrogen and oxygen atoms in total. The van der Waals surface area contributed by atoms with Crippen LogP contribution in [-0.2, 0) is 37.9 Å². The first-order valence-electron chi connectivity index (χ1n) is 31.7. The molecule has 1 fully saturated rings. The molecule has 0 amide bonds. The average molecular weight is 1090 g/mol. The minimum absolute atomic E-state index is 0.00543. The summed E-state index contributed by atoms with van der Waals surface area (Å²) in [6, 6.07) is 61.2. The number of rotatable bonds is 5. The van der Waals surface area contributed by atoms with Gasteiger partial charge in [-0.1, -0.05) is 201 Å². The Kier molecular flexibility index (Phi) is 11.0. The first kappa shape index (κ1) is 53.0. The second-order valence-electron chi connectivity index (χ2n) is 31.4. The van der Waals surface area contributed by atoms with Crippen molar-refractivity contribution in [2.45, 2.75) is 199 Å². The number of hydrogen-bond donors (Lipinski definition) is 0. The fourth-order valence-electron chi connectivity index (χ4n) is 17.7. The molecule has 1 saturated carbocycles. The van der Waals surface area contributed by atoms with E-state index in [0.29, 0.717) is 0 Å². The molecule has 0 N–H and O–H groups in total. The summed E-state index contributed by atoms with van der Waals surface area (Å²) in [6.07, 6.45) is 9.55. The molecule has 2 atom stereocenters. The quantitative estimate of drug-likeness (QED) is 0.159. The fourth-order valence-corrected chi connectivity index (χ4v) is 17.7. The van der Waals surface area contributed by atoms with Crippen molar-refractivity contribution in [3.63, 3.8) is 0 Å². The highest BCUT2D eigenvalue weighted by Crippen LogP contribution is 2.63. The molecule has 0 spiro atoms. The molecule has 7 aliphatic rings. The molecule has 0 bridgehead atoms. The molecule has 0 aromatic heterocycles. The average Bonchev–Trinajstić information content (AvgIpc) is 1.63. The van der Waals surface area contributed by atoms with Crippen LogP contribution in [0.2, 0.25) is 0 Å². The Morgan fingerprint density at radius 3 is 1.63 bits per heavy atom. The van der Waals surface area contributed by atoms with E-state index in [1.165, 1.54) is 168 Å². The van der Waals surface area contributed by atoms with E-state index in [9.17, 15) is 0 Å². The minimum atomic E-state index is -0.114. The van der Waals surface area contributed by atoms with Gasteiger partial charge in [-0.25, -0.2) is 0 Å². The van der Waals surface area contributed by atoms with Gasteiger partial charge in [-0.05, 0) is 216 Å². The number of benzene rings is 8. The summed E-state index contributed by atoms with van der Waals surface area (Å²) in [5.41, 5.74) is 31.4. The van der Waals surface area contributed by atoms with Crippen molar-refractivity contribution in [1.29, 1.82) is 0 Å². The number of nitrogens with zero attached hydrogens (tertiary/aromatic N) is 3. The molecule has 4 aliphatic carbocycles. The second kappa shape index (κ2) is 17.2. The SMILES string of the molecule is CC(C)(C)c1cc2c3c(c1)C1(C)CCCCC1(C)N3c1cc(-c3ccccc3)cc3c1B2c1ccc(N(c2ccc4c(c2)C(C)(C)CCC4(C)C)c2ccc4c(c2)C(C)(C)CCC4(C)C)cc1N3c1ccc2c(c1)-c1ccccc1C2(C)C. The standard InChI is InChI=1S/C79H86BN3/c1-72(2,3)51-43-64-71-66(44-51)80-65-34-30-55(81(53-28-32-60-62(46-53)75(8,9)39-37-73(60,4)5)54-29-33-61-63(47-54)76(10,11)40-38-74(61,6)7)48-67(65)82(52-27-31-59-57(45-52)56-25-19-20-26-58(56)77(59,12)13)68-41-50(49-23-17-16-18-24-49)42-69(70(68)80)83(71)79(15)36-22-21-35-78(64,79)14/h16-20,23-34,41-48H,21-22,35-40H2,1-15H3. The highest BCUT2D eigenvalue weighted by Gasteiger charge is 2.62. The number of anilines is 8. The predicted molar refractivity (Wildman–Crippen MR) is 356 cm³/mol. The van der Waals surface area contributed by atoms with E-state index in [4.69, 9.17) is 0 Å². The van der Waals surface area contributed by atoms with E-state index in [2.05, 4.69) is 270 Å². The van der Waals surface area contributed by atoms with Crippen molar-refractivity contribution in [2.75, 3.05) is 14.7 Å². The van der Waals surface area contributed by atoms with Crippen LogP contribution in [0.3, 0.4) is 0 Å². The lowest BCUT2D eigenvalue weighted by atomic mass is 9.33. The lowest BCUT2D eigenvalue weighted by Gasteiger charge is -2.53. The van der Waals surface area contributed by atoms with Gasteiger partial charge < -0.3 is 14.7 Å². The van der Waals surface area contributed by atoms with Crippen LogP contribution in [0.25, 0.3) is 22.3 Å². The van der Waals surface area contributed by atoms with Gasteiger partial charge in [0.15, 0.2) is 0 Å². The topological polar surface area (TPSA) is 9.72 Å². The Hall–Kier alpha value is -6.78. The molecular formula is C79H86BN3. The van der Waals surface area contributed by atoms with Gasteiger partial charge in [-0.3, -0.25) is 0 Å². The maximum Gasteiger partial charge on any atom is 0.252 e. The molecule has 4 heteroatoms. The summed E-state index contributed by atoms with van der Waals surface area (Å²) in [6.45, 7) is 37.2. The zero-order valence-electron chi connectivity index (χ0n) is 52.5. The third kappa shape index (κ3) is 7.35. The Morgan fingerprint density at radius 2 is 0.976 bits per heavy atom. The van der Waals surface area contributed by atoms with E-state index in [1.54, 1.807) is 5.56 Å². The Morgan fingerprint density at radius 1 is 0.422 bits per heavy atom. The Bertz CT molecular complexity index is 3990. The summed E-state index contributed by atoms with van der Waals surface area (Å²) in [5.74, 6) is 0. The first-order valence-corrected chi connectivity index (χ1v) is 31.7. The van der Waals surface area contributed by atoms with Crippen molar-refractivity contribution in [2.24, 2.45) is 0 Å². The summed E-state index contributed by atoms with van der Waals surface area (Å²) < 4.78 is 0. The molecule has 2 unspecified atom stereocenters. The van der Waals surface area contributed by atoms with Crippen molar-refractivity contribution >= 4 is 68.6 Å². The summed E-state index contributed by atoms with van der Waals surface area (Å²) in [7, 11) is 0. The van der Waals surface area contributed by atoms with E-state index >= 15 is 0 Å². The van der Waals surface area contributed by atoms with Crippen molar-refractivity contribution < 1.29 is 0 Å². The zero-order valence-corrected chi connectivity index (χ0v) is 52.5. The molecule has 420 valence electrons. The third-order valence-corrected chi connectivity index (χ3v) is 23.3. The van der Waals surface area contributed by atoms with Crippen LogP contribution in [0.1, 0.15) is 200 Å². The number of fused-ring (bicyclic) bond motifs is 12. The summed E-state index contributed by atoms with van der Waals surface area (Å²) in [5, 5.41) is 0. The monoisotopic (exact) mass is 1090 g/mol. The molecule has 3 heterocycles. The Labute approximate surface area is 497 Å². The van der Waals surface area contributed by atoms with Crippen molar-refractivity contribution in [1.82, 2.24) is 0 Å². The zero-order chi connectivity index (χ0) is 57.9. The van der Waals surface area contributed by atoms with Crippen LogP contribution in [0.4, 0.5) is 45.5 Å². The summed E-state index contributed by atoms with van der Waals surface area (Å²) >= 11 is 0. The molecule has 0 saturated heterocycles. The highest BCUT2D eigenvalue weighted by molar-refractivity contribution is 7.00. The lowest BCUT2D eigenvalue weighted by molar-refractivity contribution is 0.195. The molecule has 0 radical (unpaired) electrons. The maximum atomic E-state index is 2.92. The van der Waals surface area contributed by atoms with Crippen molar-refractivity contribution in [3.8, 4) is 22.3 Å². The van der Waals surface area contributed by atoms with Crippen LogP contribution in [0, 0.1) is 0 Å². The van der Waals surface area contributed by atoms with Gasteiger partial charge in [0.05, 0.1) is 5.54 Å². The van der Waals surface area contributed by atoms with Crippen LogP contribution < -0.4 is 31.1 Å². The second-order valence-corrected chi connectivity index (χ2v) is 31.4. The van der Waals surface area contributed by atoms with Gasteiger partial charge in [0.25, 0.3) is 6.71 Å². The first-order chi connectivity index (χ1) is 39.2. The van der Waals surface area contributed by atoms with E-state index < -0.39 is 0 Å². The van der Waals surface area contributed by atoms with Crippen LogP contribution in [-0.4, -0.2) is 12.3 Å². The van der Waals surface area contributed by atoms with E-state index in [-0.39, 0.29) is 50.2 Å². The van der Waals surface area contributed by atoms with Gasteiger partial charge in [0.1, 0.15) is 0 Å². The smallest absolute Gasteiger partial charge is 0.252 e. The molecule has 83 heavy (non-hydrogen) atoms. The molecule has 15 rings (SSSR count). The van der Waals surface area contributed by atoms with Gasteiger partial charge in [-0.15, -0.1) is 0 Å². The molecular weight excluding hydrogens is 1000 g/mol. The predicted octanol–water partition coefficient (Wildman–Crippen LogP) is 19.5. The highest BCUT2D eigenvalue weighted by atomic mass is 15.3. The largest absolute Gasteiger partial charge is 0.335 e. The fraction of sp³-hybridized carbons (Fsp3) is 0.392. The van der Waals surface area contributed by atoms with Gasteiger partial charge >= 0.3 is 0 Å². The molecule has 8 aromatic carbocycles. The van der Waals surface area contributed by atoms with Gasteiger partial charge in [0.2, 0.25) is 0 Å². The van der Waals surface area contributed by atoms with Crippen LogP contribution in [0.5, 0.6) is 0 Å². The number of hydrogen-bond acceptors (Lipinski definition) is 3. The minimum Gasteiger partial charge on any atom is -0.335 e. The lowest BCUT2D eigenvalue weighted by Crippen LogP contribution is -2.64. The van der Waals surface area contributed by atoms with Gasteiger partial charge in [0, 0.05) is 56.3 Å². The summed E-state index contributed by atoms with van der Waals surface area (Å²) in [4.78, 5) is 8.29. The Balaban J connectivity index is 1.05. The third-order valence-electron chi connectivity index (χ3n) is 23.3. The molecule has 8 aromatic rings. The maximum absolute atomic E-state index is 2.92. The van der Waals surface area contributed by atoms with Crippen molar-refractivity contribution in [3.05, 3.63) is 196 Å². The van der Waals surface area contributed by atoms with E-state index in [0.717, 1.165) is 6.42 Å². The van der Waals surface area contributed by atoms with E-state index in [1.807, 2.05) is 0 Å². The normalized spacial score (nSPS) is 22.8. The molecule has 3 aliphatic heterocycles. The van der Waals surface area contributed by atoms with Gasteiger partial charge in [-0.2, -0.15) is 0 Å².